The van der Waals surface area contributed by atoms with Crippen LogP contribution in [0.4, 0.5) is 0 Å². The lowest BCUT2D eigenvalue weighted by Crippen LogP contribution is -2.16. The summed E-state index contributed by atoms with van der Waals surface area (Å²) in [5, 5.41) is 4.42. The average Bonchev–Trinajstić information content (AvgIpc) is 4.01. The van der Waals surface area contributed by atoms with Crippen molar-refractivity contribution in [2.24, 2.45) is 0 Å². The predicted octanol–water partition coefficient (Wildman–Crippen LogP) is 16.4. The average molecular weight is 850 g/mol. The molecule has 3 aromatic heterocycles. The molecule has 0 spiro atoms. The second-order valence-electron chi connectivity index (χ2n) is 17.5. The molecule has 5 heteroatoms. The second-order valence-corrected chi connectivity index (χ2v) is 18.6. The highest BCUT2D eigenvalue weighted by Crippen LogP contribution is 2.52. The van der Waals surface area contributed by atoms with Crippen molar-refractivity contribution < 1.29 is 4.42 Å². The van der Waals surface area contributed by atoms with Crippen molar-refractivity contribution in [3.8, 4) is 78.7 Å². The molecule has 1 aliphatic rings. The molecule has 12 aromatic rings. The zero-order valence-electron chi connectivity index (χ0n) is 35.7. The van der Waals surface area contributed by atoms with E-state index in [1.54, 1.807) is 11.3 Å². The fraction of sp³-hybridized carbons (Fsp3) is 0.0500. The Morgan fingerprint density at radius 1 is 0.385 bits per heavy atom. The predicted molar refractivity (Wildman–Crippen MR) is 270 cm³/mol. The fourth-order valence-electron chi connectivity index (χ4n) is 10.3. The van der Waals surface area contributed by atoms with Gasteiger partial charge in [-0.3, -0.25) is 0 Å². The van der Waals surface area contributed by atoms with Crippen molar-refractivity contribution in [3.63, 3.8) is 0 Å². The summed E-state index contributed by atoms with van der Waals surface area (Å²) >= 11 is 1.78. The first kappa shape index (κ1) is 37.6. The molecular formula is C60H39N3OS. The summed E-state index contributed by atoms with van der Waals surface area (Å²) in [6.07, 6.45) is 0. The van der Waals surface area contributed by atoms with Gasteiger partial charge in [0.1, 0.15) is 11.2 Å². The number of benzene rings is 9. The summed E-state index contributed by atoms with van der Waals surface area (Å²) in [6, 6.07) is 71.2. The van der Waals surface area contributed by atoms with Gasteiger partial charge in [-0.15, -0.1) is 11.3 Å². The van der Waals surface area contributed by atoms with Crippen molar-refractivity contribution in [2.75, 3.05) is 0 Å². The maximum atomic E-state index is 6.59. The van der Waals surface area contributed by atoms with Gasteiger partial charge >= 0.3 is 0 Å². The van der Waals surface area contributed by atoms with Crippen LogP contribution in [0.15, 0.2) is 205 Å². The molecule has 0 radical (unpaired) electrons. The van der Waals surface area contributed by atoms with Gasteiger partial charge in [-0.05, 0) is 92.0 Å². The van der Waals surface area contributed by atoms with Crippen LogP contribution >= 0.6 is 11.3 Å². The van der Waals surface area contributed by atoms with Crippen molar-refractivity contribution >= 4 is 53.4 Å². The first-order chi connectivity index (χ1) is 32.0. The molecule has 0 unspecified atom stereocenters. The zero-order chi connectivity index (χ0) is 43.2. The Bertz CT molecular complexity index is 3860. The highest BCUT2D eigenvalue weighted by Gasteiger charge is 2.37. The van der Waals surface area contributed by atoms with Crippen LogP contribution in [0.5, 0.6) is 0 Å². The molecule has 0 aliphatic heterocycles. The van der Waals surface area contributed by atoms with Crippen molar-refractivity contribution in [1.29, 1.82) is 0 Å². The minimum Gasteiger partial charge on any atom is -0.456 e. The van der Waals surface area contributed by atoms with E-state index in [9.17, 15) is 0 Å². The van der Waals surface area contributed by atoms with E-state index in [2.05, 4.69) is 196 Å². The molecule has 3 heterocycles. The molecule has 306 valence electrons. The third-order valence-corrected chi connectivity index (χ3v) is 14.6. The van der Waals surface area contributed by atoms with Crippen LogP contribution in [0.1, 0.15) is 25.0 Å². The van der Waals surface area contributed by atoms with Crippen molar-refractivity contribution in [1.82, 2.24) is 15.0 Å². The highest BCUT2D eigenvalue weighted by atomic mass is 32.1. The number of nitrogens with zero attached hydrogens (tertiary/aromatic N) is 3. The first-order valence-electron chi connectivity index (χ1n) is 22.1. The van der Waals surface area contributed by atoms with Gasteiger partial charge < -0.3 is 4.42 Å². The number of aromatic nitrogens is 3. The fourth-order valence-corrected chi connectivity index (χ4v) is 11.5. The van der Waals surface area contributed by atoms with E-state index in [0.717, 1.165) is 65.6 Å². The molecule has 1 aliphatic carbocycles. The number of hydrogen-bond acceptors (Lipinski definition) is 5. The molecule has 0 saturated carbocycles. The van der Waals surface area contributed by atoms with Crippen LogP contribution in [-0.2, 0) is 5.41 Å². The molecule has 4 nitrogen and oxygen atoms in total. The summed E-state index contributed by atoms with van der Waals surface area (Å²) in [4.78, 5) is 15.9. The van der Waals surface area contributed by atoms with E-state index in [-0.39, 0.29) is 5.41 Å². The Balaban J connectivity index is 0.952. The number of fused-ring (bicyclic) bond motifs is 9. The summed E-state index contributed by atoms with van der Waals surface area (Å²) < 4.78 is 8.98. The van der Waals surface area contributed by atoms with Gasteiger partial charge in [-0.2, -0.15) is 0 Å². The molecule has 65 heavy (non-hydrogen) atoms. The smallest absolute Gasteiger partial charge is 0.165 e. The summed E-state index contributed by atoms with van der Waals surface area (Å²) in [5.41, 5.74) is 16.7. The Kier molecular flexibility index (Phi) is 8.39. The quantitative estimate of drug-likeness (QED) is 0.167. The van der Waals surface area contributed by atoms with E-state index in [1.807, 2.05) is 18.2 Å². The first-order valence-corrected chi connectivity index (χ1v) is 22.9. The molecule has 0 amide bonds. The van der Waals surface area contributed by atoms with Crippen LogP contribution in [0.2, 0.25) is 0 Å². The van der Waals surface area contributed by atoms with Gasteiger partial charge in [0, 0.05) is 53.1 Å². The van der Waals surface area contributed by atoms with Gasteiger partial charge in [0.2, 0.25) is 0 Å². The largest absolute Gasteiger partial charge is 0.456 e. The SMILES string of the molecule is CC1(C)c2ccccc2-c2cccc(-c3ccc(-c4ccc5oc6cccc(-c7nc(-c8cccc(-c9ccccc9)c8)nc(-c8cccc9c8sc8ccccc89)n7)c6c5c4)cc3)c21. The van der Waals surface area contributed by atoms with Crippen LogP contribution < -0.4 is 0 Å². The van der Waals surface area contributed by atoms with Crippen LogP contribution in [0, 0.1) is 0 Å². The molecule has 9 aromatic carbocycles. The summed E-state index contributed by atoms with van der Waals surface area (Å²) in [5.74, 6) is 1.84. The number of rotatable bonds is 6. The minimum atomic E-state index is -0.0928. The highest BCUT2D eigenvalue weighted by molar-refractivity contribution is 7.26. The van der Waals surface area contributed by atoms with Crippen molar-refractivity contribution in [3.05, 3.63) is 211 Å². The Hall–Kier alpha value is -7.99. The van der Waals surface area contributed by atoms with Crippen molar-refractivity contribution in [2.45, 2.75) is 19.3 Å². The van der Waals surface area contributed by atoms with Crippen LogP contribution in [0.3, 0.4) is 0 Å². The molecule has 0 atom stereocenters. The summed E-state index contributed by atoms with van der Waals surface area (Å²) in [7, 11) is 0. The number of furan rings is 1. The normalized spacial score (nSPS) is 12.9. The third-order valence-electron chi connectivity index (χ3n) is 13.4. The van der Waals surface area contributed by atoms with Gasteiger partial charge in [0.15, 0.2) is 17.5 Å². The van der Waals surface area contributed by atoms with E-state index < -0.39 is 0 Å². The molecule has 13 rings (SSSR count). The maximum Gasteiger partial charge on any atom is 0.165 e. The van der Waals surface area contributed by atoms with Gasteiger partial charge in [0.25, 0.3) is 0 Å². The third kappa shape index (κ3) is 6.00. The molecule has 0 fully saturated rings. The van der Waals surface area contributed by atoms with Gasteiger partial charge in [-0.1, -0.05) is 178 Å². The Labute approximate surface area is 380 Å². The zero-order valence-corrected chi connectivity index (χ0v) is 36.5. The van der Waals surface area contributed by atoms with E-state index in [1.165, 1.54) is 48.9 Å². The molecule has 0 saturated heterocycles. The molecule has 0 N–H and O–H groups in total. The monoisotopic (exact) mass is 849 g/mol. The Morgan fingerprint density at radius 3 is 1.86 bits per heavy atom. The van der Waals surface area contributed by atoms with Crippen LogP contribution in [-0.4, -0.2) is 15.0 Å². The van der Waals surface area contributed by atoms with Gasteiger partial charge in [-0.25, -0.2) is 15.0 Å². The lowest BCUT2D eigenvalue weighted by Gasteiger charge is -2.24. The summed E-state index contributed by atoms with van der Waals surface area (Å²) in [6.45, 7) is 4.70. The lowest BCUT2D eigenvalue weighted by molar-refractivity contribution is 0.662. The number of hydrogen-bond donors (Lipinski definition) is 0. The number of thiophene rings is 1. The Morgan fingerprint density at radius 2 is 0.969 bits per heavy atom. The maximum absolute atomic E-state index is 6.59. The second kappa shape index (κ2) is 14.5. The molecular weight excluding hydrogens is 811 g/mol. The lowest BCUT2D eigenvalue weighted by atomic mass is 9.79. The van der Waals surface area contributed by atoms with E-state index in [0.29, 0.717) is 17.5 Å². The van der Waals surface area contributed by atoms with Gasteiger partial charge in [0.05, 0.1) is 0 Å². The molecule has 0 bridgehead atoms. The minimum absolute atomic E-state index is 0.0928. The van der Waals surface area contributed by atoms with Crippen LogP contribution in [0.25, 0.3) is 121 Å². The van der Waals surface area contributed by atoms with E-state index in [4.69, 9.17) is 19.4 Å². The van der Waals surface area contributed by atoms with E-state index >= 15 is 0 Å². The standard InChI is InChI=1S/C60H39N3OS/c1-60(2)50-25-8-6-18-43(50)45-21-11-20-42(55(45)60)38-30-28-37(29-31-38)40-32-33-51-49(35-40)54-47(23-13-26-52(54)64-51)58-61-57(41-17-10-16-39(34-41)36-14-4-3-5-15-36)62-59(63-58)48-24-12-22-46-44-19-7-9-27-53(44)65-56(46)48/h3-35H,1-2H3. The topological polar surface area (TPSA) is 51.8 Å².